The quantitative estimate of drug-likeness (QED) is 0.529. The van der Waals surface area contributed by atoms with Gasteiger partial charge in [-0.2, -0.15) is 9.88 Å². The van der Waals surface area contributed by atoms with Gasteiger partial charge < -0.3 is 14.0 Å². The fourth-order valence-corrected chi connectivity index (χ4v) is 3.79. The first-order valence-corrected chi connectivity index (χ1v) is 10.3. The first-order valence-electron chi connectivity index (χ1n) is 9.10. The van der Waals surface area contributed by atoms with Crippen molar-refractivity contribution in [2.75, 3.05) is 13.2 Å². The molecule has 1 aromatic carbocycles. The molecule has 0 amide bonds. The molecule has 10 heteroatoms. The number of ether oxygens (including phenoxy) is 2. The summed E-state index contributed by atoms with van der Waals surface area (Å²) in [6.45, 7) is 3.69. The molecule has 0 bridgehead atoms. The van der Waals surface area contributed by atoms with Crippen molar-refractivity contribution in [1.29, 1.82) is 0 Å². The van der Waals surface area contributed by atoms with Gasteiger partial charge in [-0.1, -0.05) is 18.2 Å². The molecule has 1 aliphatic rings. The minimum absolute atomic E-state index is 0.0272. The molecule has 1 heterocycles. The summed E-state index contributed by atoms with van der Waals surface area (Å²) < 4.78 is 22.7. The van der Waals surface area contributed by atoms with Crippen molar-refractivity contribution in [2.45, 2.75) is 32.7 Å². The third-order valence-electron chi connectivity index (χ3n) is 4.59. The normalized spacial score (nSPS) is 15.8. The standard InChI is InChI=1S/C19H19N2O7P/c1-3-27-16(22)8-11-6-5-7-12-13(11)9-14(17(12)23)21-10-15(29(25)26)20-18(21)19(24)28-4-2/h5-7,10,14H,3-4,8-9H2,1-2H3/p+1. The lowest BCUT2D eigenvalue weighted by atomic mass is 10.0. The van der Waals surface area contributed by atoms with Crippen molar-refractivity contribution in [2.24, 2.45) is 0 Å². The maximum absolute atomic E-state index is 13.0. The lowest BCUT2D eigenvalue weighted by molar-refractivity contribution is -0.142. The molecule has 1 aromatic heterocycles. The number of aromatic nitrogens is 2. The van der Waals surface area contributed by atoms with E-state index < -0.39 is 26.0 Å². The van der Waals surface area contributed by atoms with Crippen LogP contribution in [0.1, 0.15) is 52.0 Å². The number of esters is 2. The number of carbonyl (C=O) groups excluding carboxylic acids is 3. The number of benzene rings is 1. The minimum Gasteiger partial charge on any atom is -0.466 e. The van der Waals surface area contributed by atoms with Crippen molar-refractivity contribution in [3.05, 3.63) is 46.9 Å². The van der Waals surface area contributed by atoms with Crippen LogP contribution in [0.25, 0.3) is 0 Å². The highest BCUT2D eigenvalue weighted by Gasteiger charge is 2.38. The zero-order valence-electron chi connectivity index (χ0n) is 16.0. The maximum atomic E-state index is 13.0. The average Bonchev–Trinajstić information content (AvgIpc) is 3.25. The fourth-order valence-electron chi connectivity index (χ4n) is 3.39. The Hall–Kier alpha value is -2.90. The minimum atomic E-state index is -2.80. The number of imidazole rings is 1. The summed E-state index contributed by atoms with van der Waals surface area (Å²) >= 11 is 0. The van der Waals surface area contributed by atoms with Crippen molar-refractivity contribution >= 4 is 31.2 Å². The Labute approximate surface area is 167 Å². The number of Topliss-reactive ketones (excluding diaryl/α,β-unsaturated/α-hetero) is 1. The lowest BCUT2D eigenvalue weighted by Crippen LogP contribution is -2.21. The van der Waals surface area contributed by atoms with Gasteiger partial charge in [0, 0.05) is 12.0 Å². The molecule has 29 heavy (non-hydrogen) atoms. The SMILES string of the molecule is CCOC(=O)Cc1cccc2c1CC(n1cc([P+](=O)O)nc1C(=O)OCC)C2=O. The molecule has 2 atom stereocenters. The van der Waals surface area contributed by atoms with E-state index in [0.29, 0.717) is 16.7 Å². The number of carbonyl (C=O) groups is 3. The van der Waals surface area contributed by atoms with E-state index in [-0.39, 0.29) is 43.1 Å². The van der Waals surface area contributed by atoms with Crippen LogP contribution in [-0.4, -0.2) is 45.4 Å². The molecule has 0 saturated heterocycles. The van der Waals surface area contributed by atoms with Crippen LogP contribution in [-0.2, 0) is 31.7 Å². The molecule has 0 radical (unpaired) electrons. The van der Waals surface area contributed by atoms with E-state index in [0.717, 1.165) is 0 Å². The Balaban J connectivity index is 1.99. The van der Waals surface area contributed by atoms with Crippen molar-refractivity contribution in [3.63, 3.8) is 0 Å². The van der Waals surface area contributed by atoms with Crippen molar-refractivity contribution in [3.8, 4) is 0 Å². The molecule has 0 aliphatic heterocycles. The van der Waals surface area contributed by atoms with E-state index in [1.54, 1.807) is 32.0 Å². The molecule has 9 nitrogen and oxygen atoms in total. The van der Waals surface area contributed by atoms with Crippen LogP contribution in [0.2, 0.25) is 0 Å². The molecule has 1 aliphatic carbocycles. The van der Waals surface area contributed by atoms with Gasteiger partial charge in [0.2, 0.25) is 5.82 Å². The van der Waals surface area contributed by atoms with Gasteiger partial charge in [0.25, 0.3) is 0 Å². The zero-order chi connectivity index (χ0) is 21.1. The zero-order valence-corrected chi connectivity index (χ0v) is 16.8. The number of fused-ring (bicyclic) bond motifs is 1. The number of nitrogens with zero attached hydrogens (tertiary/aromatic N) is 2. The van der Waals surface area contributed by atoms with Gasteiger partial charge in [-0.25, -0.2) is 4.79 Å². The van der Waals surface area contributed by atoms with Crippen LogP contribution in [0.5, 0.6) is 0 Å². The number of hydrogen-bond acceptors (Lipinski definition) is 7. The van der Waals surface area contributed by atoms with Gasteiger partial charge in [0.15, 0.2) is 5.78 Å². The highest BCUT2D eigenvalue weighted by atomic mass is 31.1. The van der Waals surface area contributed by atoms with Crippen LogP contribution in [0.3, 0.4) is 0 Å². The maximum Gasteiger partial charge on any atom is 0.568 e. The van der Waals surface area contributed by atoms with Gasteiger partial charge in [-0.05, 0) is 29.5 Å². The largest absolute Gasteiger partial charge is 0.568 e. The van der Waals surface area contributed by atoms with Crippen molar-refractivity contribution in [1.82, 2.24) is 9.55 Å². The first kappa shape index (κ1) is 20.8. The summed E-state index contributed by atoms with van der Waals surface area (Å²) in [6.07, 6.45) is 1.47. The van der Waals surface area contributed by atoms with Crippen LogP contribution in [0.15, 0.2) is 24.4 Å². The second-order valence-corrected chi connectivity index (χ2v) is 7.34. The highest BCUT2D eigenvalue weighted by molar-refractivity contribution is 7.47. The highest BCUT2D eigenvalue weighted by Crippen LogP contribution is 2.34. The predicted octanol–water partition coefficient (Wildman–Crippen LogP) is 1.51. The molecule has 152 valence electrons. The van der Waals surface area contributed by atoms with E-state index in [1.807, 2.05) is 0 Å². The Morgan fingerprint density at radius 1 is 1.28 bits per heavy atom. The Morgan fingerprint density at radius 2 is 2.00 bits per heavy atom. The van der Waals surface area contributed by atoms with E-state index in [1.165, 1.54) is 10.8 Å². The average molecular weight is 419 g/mol. The number of rotatable bonds is 7. The van der Waals surface area contributed by atoms with E-state index in [2.05, 4.69) is 4.98 Å². The molecule has 2 unspecified atom stereocenters. The third-order valence-corrected chi connectivity index (χ3v) is 5.20. The van der Waals surface area contributed by atoms with Crippen LogP contribution in [0, 0.1) is 0 Å². The van der Waals surface area contributed by atoms with Gasteiger partial charge in [-0.3, -0.25) is 9.59 Å². The fraction of sp³-hybridized carbons (Fsp3) is 0.368. The van der Waals surface area contributed by atoms with Crippen LogP contribution < -0.4 is 5.44 Å². The van der Waals surface area contributed by atoms with Gasteiger partial charge in [-0.15, -0.1) is 0 Å². The summed E-state index contributed by atoms with van der Waals surface area (Å²) in [4.78, 5) is 50.5. The Bertz CT molecular complexity index is 998. The van der Waals surface area contributed by atoms with Crippen molar-refractivity contribution < 1.29 is 33.3 Å². The van der Waals surface area contributed by atoms with Gasteiger partial charge in [0.05, 0.1) is 25.8 Å². The summed E-state index contributed by atoms with van der Waals surface area (Å²) in [5, 5.41) is 0. The lowest BCUT2D eigenvalue weighted by Gasteiger charge is -2.12. The van der Waals surface area contributed by atoms with Crippen LogP contribution >= 0.6 is 8.03 Å². The summed E-state index contributed by atoms with van der Waals surface area (Å²) in [7, 11) is -2.80. The predicted molar refractivity (Wildman–Crippen MR) is 101 cm³/mol. The number of hydrogen-bond donors (Lipinski definition) is 1. The third kappa shape index (κ3) is 4.11. The topological polar surface area (TPSA) is 125 Å². The Kier molecular flexibility index (Phi) is 6.20. The molecule has 0 fully saturated rings. The molecule has 1 N–H and O–H groups in total. The van der Waals surface area contributed by atoms with E-state index >= 15 is 0 Å². The molecule has 0 saturated carbocycles. The van der Waals surface area contributed by atoms with Gasteiger partial charge >= 0.3 is 25.4 Å². The second-order valence-electron chi connectivity index (χ2n) is 6.33. The summed E-state index contributed by atoms with van der Waals surface area (Å²) in [5.74, 6) is -1.66. The second kappa shape index (κ2) is 8.63. The van der Waals surface area contributed by atoms with E-state index in [4.69, 9.17) is 9.47 Å². The Morgan fingerprint density at radius 3 is 2.66 bits per heavy atom. The molecule has 2 aromatic rings. The molecular weight excluding hydrogens is 399 g/mol. The molecular formula is C19H20N2O7P+. The smallest absolute Gasteiger partial charge is 0.466 e. The summed E-state index contributed by atoms with van der Waals surface area (Å²) in [5.41, 5.74) is 1.59. The summed E-state index contributed by atoms with van der Waals surface area (Å²) in [6, 6.07) is 4.26. The monoisotopic (exact) mass is 419 g/mol. The number of ketones is 1. The van der Waals surface area contributed by atoms with Crippen LogP contribution in [0.4, 0.5) is 0 Å². The first-order chi connectivity index (χ1) is 13.9. The molecule has 0 spiro atoms. The van der Waals surface area contributed by atoms with Gasteiger partial charge in [0.1, 0.15) is 6.04 Å². The molecule has 3 rings (SSSR count). The van der Waals surface area contributed by atoms with E-state index in [9.17, 15) is 23.8 Å².